The number of fused-ring (bicyclic) bond motifs is 2. The second-order valence-corrected chi connectivity index (χ2v) is 6.08. The third kappa shape index (κ3) is 1.29. The lowest BCUT2D eigenvalue weighted by molar-refractivity contribution is -0.146. The van der Waals surface area contributed by atoms with Crippen molar-refractivity contribution < 1.29 is 19.1 Å². The lowest BCUT2D eigenvalue weighted by Gasteiger charge is -2.27. The third-order valence-electron chi connectivity index (χ3n) is 5.18. The minimum atomic E-state index is -0.192. The second kappa shape index (κ2) is 3.50. The zero-order valence-corrected chi connectivity index (χ0v) is 11.0. The van der Waals surface area contributed by atoms with Crippen molar-refractivity contribution in [1.82, 2.24) is 0 Å². The molecule has 0 aromatic heterocycles. The van der Waals surface area contributed by atoms with Crippen LogP contribution in [0.25, 0.3) is 0 Å². The predicted molar refractivity (Wildman–Crippen MR) is 65.9 cm³/mol. The van der Waals surface area contributed by atoms with E-state index in [1.807, 2.05) is 26.0 Å². The first-order valence-corrected chi connectivity index (χ1v) is 6.88. The highest BCUT2D eigenvalue weighted by Gasteiger charge is 2.57. The molecule has 6 atom stereocenters. The van der Waals surface area contributed by atoms with Crippen molar-refractivity contribution in [2.24, 2.45) is 23.7 Å². The zero-order valence-electron chi connectivity index (χ0n) is 11.0. The minimum Gasteiger partial charge on any atom is -0.461 e. The topological polar surface area (TPSA) is 52.6 Å². The van der Waals surface area contributed by atoms with Gasteiger partial charge in [-0.2, -0.15) is 0 Å². The molecule has 0 N–H and O–H groups in total. The number of carbonyl (C=O) groups is 2. The van der Waals surface area contributed by atoms with Crippen LogP contribution in [0.1, 0.15) is 20.3 Å². The van der Waals surface area contributed by atoms with Crippen molar-refractivity contribution in [3.05, 3.63) is 23.3 Å². The summed E-state index contributed by atoms with van der Waals surface area (Å²) < 4.78 is 11.0. The molecule has 19 heavy (non-hydrogen) atoms. The van der Waals surface area contributed by atoms with Gasteiger partial charge in [0.2, 0.25) is 0 Å². The highest BCUT2D eigenvalue weighted by Crippen LogP contribution is 2.52. The Labute approximate surface area is 111 Å². The average Bonchev–Trinajstić information content (AvgIpc) is 2.86. The van der Waals surface area contributed by atoms with E-state index in [-0.39, 0.29) is 47.8 Å². The van der Waals surface area contributed by atoms with Crippen molar-refractivity contribution in [3.63, 3.8) is 0 Å². The summed E-state index contributed by atoms with van der Waals surface area (Å²) >= 11 is 0. The van der Waals surface area contributed by atoms with Crippen LogP contribution < -0.4 is 0 Å². The SMILES string of the molecule is CC1=C[C@@H]2OC(=O)C3=CC[C@@H]4[C@H](OC(=O)[C@H]4C)[C@@H]1[C@H]32. The highest BCUT2D eigenvalue weighted by atomic mass is 16.6. The summed E-state index contributed by atoms with van der Waals surface area (Å²) in [5.41, 5.74) is 1.98. The van der Waals surface area contributed by atoms with Gasteiger partial charge < -0.3 is 9.47 Å². The molecule has 4 heteroatoms. The third-order valence-corrected chi connectivity index (χ3v) is 5.18. The van der Waals surface area contributed by atoms with Crippen LogP contribution in [0.4, 0.5) is 0 Å². The van der Waals surface area contributed by atoms with E-state index in [9.17, 15) is 9.59 Å². The number of hydrogen-bond donors (Lipinski definition) is 0. The van der Waals surface area contributed by atoms with Gasteiger partial charge in [0.05, 0.1) is 5.92 Å². The van der Waals surface area contributed by atoms with E-state index in [0.29, 0.717) is 0 Å². The van der Waals surface area contributed by atoms with E-state index in [4.69, 9.17) is 9.47 Å². The second-order valence-electron chi connectivity index (χ2n) is 6.08. The van der Waals surface area contributed by atoms with Crippen LogP contribution in [0.5, 0.6) is 0 Å². The number of esters is 2. The van der Waals surface area contributed by atoms with Gasteiger partial charge >= 0.3 is 11.9 Å². The summed E-state index contributed by atoms with van der Waals surface area (Å²) in [5, 5.41) is 0. The molecule has 4 aliphatic rings. The Kier molecular flexibility index (Phi) is 2.07. The molecular weight excluding hydrogens is 244 g/mol. The largest absolute Gasteiger partial charge is 0.461 e. The summed E-state index contributed by atoms with van der Waals surface area (Å²) in [5.74, 6) is -0.0187. The molecule has 0 aromatic carbocycles. The van der Waals surface area contributed by atoms with Crippen LogP contribution in [-0.2, 0) is 19.1 Å². The van der Waals surface area contributed by atoms with E-state index in [1.54, 1.807) is 0 Å². The molecule has 0 amide bonds. The van der Waals surface area contributed by atoms with Crippen molar-refractivity contribution in [2.45, 2.75) is 32.5 Å². The maximum absolute atomic E-state index is 11.9. The first-order valence-electron chi connectivity index (χ1n) is 6.88. The van der Waals surface area contributed by atoms with E-state index < -0.39 is 0 Å². The zero-order chi connectivity index (χ0) is 13.3. The Morgan fingerprint density at radius 2 is 2.00 bits per heavy atom. The predicted octanol–water partition coefficient (Wildman–Crippen LogP) is 1.61. The summed E-state index contributed by atoms with van der Waals surface area (Å²) in [4.78, 5) is 23.7. The summed E-state index contributed by atoms with van der Waals surface area (Å²) in [6, 6.07) is 0. The molecule has 0 spiro atoms. The maximum atomic E-state index is 11.9. The molecule has 0 bridgehead atoms. The first kappa shape index (κ1) is 11.3. The fourth-order valence-electron chi connectivity index (χ4n) is 4.18. The molecule has 100 valence electrons. The Morgan fingerprint density at radius 3 is 2.79 bits per heavy atom. The monoisotopic (exact) mass is 260 g/mol. The summed E-state index contributed by atoms with van der Waals surface area (Å²) in [6.45, 7) is 3.98. The Hall–Kier alpha value is -1.58. The van der Waals surface area contributed by atoms with Gasteiger partial charge in [-0.25, -0.2) is 4.79 Å². The van der Waals surface area contributed by atoms with Crippen LogP contribution in [0.3, 0.4) is 0 Å². The van der Waals surface area contributed by atoms with Crippen LogP contribution >= 0.6 is 0 Å². The molecule has 4 nitrogen and oxygen atoms in total. The lowest BCUT2D eigenvalue weighted by Crippen LogP contribution is -2.32. The van der Waals surface area contributed by atoms with Crippen LogP contribution in [0.15, 0.2) is 23.3 Å². The van der Waals surface area contributed by atoms with E-state index in [2.05, 4.69) is 0 Å². The molecule has 0 aromatic rings. The van der Waals surface area contributed by atoms with E-state index in [1.165, 1.54) is 5.57 Å². The van der Waals surface area contributed by atoms with Gasteiger partial charge in [0, 0.05) is 23.3 Å². The lowest BCUT2D eigenvalue weighted by atomic mass is 9.78. The fraction of sp³-hybridized carbons (Fsp3) is 0.600. The number of rotatable bonds is 0. The normalized spacial score (nSPS) is 46.8. The Bertz CT molecular complexity index is 544. The number of allylic oxidation sites excluding steroid dienone is 1. The molecule has 2 heterocycles. The number of carbonyl (C=O) groups excluding carboxylic acids is 2. The average molecular weight is 260 g/mol. The van der Waals surface area contributed by atoms with Crippen LogP contribution in [-0.4, -0.2) is 24.1 Å². The van der Waals surface area contributed by atoms with Gasteiger partial charge in [0.25, 0.3) is 0 Å². The minimum absolute atomic E-state index is 0.0561. The first-order chi connectivity index (χ1) is 9.08. The Balaban J connectivity index is 1.82. The van der Waals surface area contributed by atoms with Crippen LogP contribution in [0.2, 0.25) is 0 Å². The molecule has 0 radical (unpaired) electrons. The van der Waals surface area contributed by atoms with Gasteiger partial charge in [-0.3, -0.25) is 4.79 Å². The molecule has 2 aliphatic heterocycles. The van der Waals surface area contributed by atoms with E-state index in [0.717, 1.165) is 12.0 Å². The van der Waals surface area contributed by atoms with Gasteiger partial charge in [0.15, 0.2) is 0 Å². The molecule has 2 fully saturated rings. The molecule has 0 unspecified atom stereocenters. The Morgan fingerprint density at radius 1 is 1.21 bits per heavy atom. The number of hydrogen-bond acceptors (Lipinski definition) is 4. The van der Waals surface area contributed by atoms with Gasteiger partial charge in [-0.1, -0.05) is 18.6 Å². The number of ether oxygens (including phenoxy) is 2. The van der Waals surface area contributed by atoms with Gasteiger partial charge in [-0.05, 0) is 19.4 Å². The fourth-order valence-corrected chi connectivity index (χ4v) is 4.18. The highest BCUT2D eigenvalue weighted by molar-refractivity contribution is 5.92. The molecule has 2 saturated heterocycles. The van der Waals surface area contributed by atoms with Gasteiger partial charge in [0.1, 0.15) is 12.2 Å². The maximum Gasteiger partial charge on any atom is 0.334 e. The quantitative estimate of drug-likeness (QED) is 0.490. The van der Waals surface area contributed by atoms with Crippen LogP contribution in [0, 0.1) is 23.7 Å². The molecular formula is C15H16O4. The van der Waals surface area contributed by atoms with Crippen molar-refractivity contribution in [2.75, 3.05) is 0 Å². The van der Waals surface area contributed by atoms with Crippen molar-refractivity contribution in [1.29, 1.82) is 0 Å². The summed E-state index contributed by atoms with van der Waals surface area (Å²) in [6.07, 6.45) is 4.48. The summed E-state index contributed by atoms with van der Waals surface area (Å²) in [7, 11) is 0. The van der Waals surface area contributed by atoms with Crippen molar-refractivity contribution in [3.8, 4) is 0 Å². The smallest absolute Gasteiger partial charge is 0.334 e. The molecule has 0 saturated carbocycles. The molecule has 4 rings (SSSR count). The standard InChI is InChI=1S/C15H16O4/c1-6-5-10-12-9(15(17)18-10)4-3-8-7(2)14(16)19-13(8)11(6)12/h4-5,7-8,10-13H,3H2,1-2H3/t7-,8-,10-,11-,12+,13-/m0/s1. The molecule has 2 aliphatic carbocycles. The van der Waals surface area contributed by atoms with Crippen molar-refractivity contribution >= 4 is 11.9 Å². The van der Waals surface area contributed by atoms with Gasteiger partial charge in [-0.15, -0.1) is 0 Å². The van der Waals surface area contributed by atoms with E-state index >= 15 is 0 Å².